The minimum atomic E-state index is -0.0771. The number of aromatic nitrogens is 3. The van der Waals surface area contributed by atoms with Crippen LogP contribution in [0.4, 0.5) is 0 Å². The summed E-state index contributed by atoms with van der Waals surface area (Å²) in [7, 11) is 1.71. The van der Waals surface area contributed by atoms with Gasteiger partial charge in [-0.2, -0.15) is 0 Å². The number of aromatic amines is 1. The fraction of sp³-hybridized carbons (Fsp3) is 0.786. The van der Waals surface area contributed by atoms with Gasteiger partial charge < -0.3 is 9.64 Å². The highest BCUT2D eigenvalue weighted by molar-refractivity contribution is 5.90. The highest BCUT2D eigenvalue weighted by Gasteiger charge is 2.23. The fourth-order valence-corrected chi connectivity index (χ4v) is 2.39. The Kier molecular flexibility index (Phi) is 5.69. The Morgan fingerprint density at radius 2 is 2.14 bits per heavy atom. The molecule has 118 valence electrons. The van der Waals surface area contributed by atoms with Crippen LogP contribution >= 0.6 is 0 Å². The number of carbonyl (C=O) groups is 1. The van der Waals surface area contributed by atoms with E-state index < -0.39 is 0 Å². The zero-order chi connectivity index (χ0) is 15.2. The smallest absolute Gasteiger partial charge is 0.293 e. The zero-order valence-corrected chi connectivity index (χ0v) is 13.1. The summed E-state index contributed by atoms with van der Waals surface area (Å²) in [5, 5.41) is 6.89. The normalized spacial score (nSPS) is 17.2. The summed E-state index contributed by atoms with van der Waals surface area (Å²) < 4.78 is 5.11. The molecule has 7 heteroatoms. The van der Waals surface area contributed by atoms with Gasteiger partial charge in [0, 0.05) is 39.2 Å². The quantitative estimate of drug-likeness (QED) is 0.866. The molecule has 21 heavy (non-hydrogen) atoms. The highest BCUT2D eigenvalue weighted by Crippen LogP contribution is 2.10. The van der Waals surface area contributed by atoms with Crippen molar-refractivity contribution in [3.63, 3.8) is 0 Å². The molecule has 1 saturated heterocycles. The maximum absolute atomic E-state index is 12.4. The lowest BCUT2D eigenvalue weighted by molar-refractivity contribution is 0.0747. The summed E-state index contributed by atoms with van der Waals surface area (Å²) in [5.41, 5.74) is 0. The number of amides is 1. The van der Waals surface area contributed by atoms with Crippen LogP contribution in [0.5, 0.6) is 0 Å². The SMILES string of the molecule is COCCN1CCCN(C(=O)c2n[nH]c(C(C)C)n2)CC1. The van der Waals surface area contributed by atoms with Gasteiger partial charge in [-0.25, -0.2) is 4.98 Å². The first-order valence-corrected chi connectivity index (χ1v) is 7.54. The van der Waals surface area contributed by atoms with Gasteiger partial charge >= 0.3 is 0 Å². The van der Waals surface area contributed by atoms with Gasteiger partial charge in [0.25, 0.3) is 5.91 Å². The molecule has 0 unspecified atom stereocenters. The Labute approximate surface area is 125 Å². The van der Waals surface area contributed by atoms with E-state index in [4.69, 9.17) is 4.74 Å². The molecule has 1 aromatic heterocycles. The van der Waals surface area contributed by atoms with Crippen LogP contribution in [0.3, 0.4) is 0 Å². The van der Waals surface area contributed by atoms with Crippen molar-refractivity contribution in [1.82, 2.24) is 25.0 Å². The lowest BCUT2D eigenvalue weighted by Crippen LogP contribution is -2.36. The van der Waals surface area contributed by atoms with E-state index in [1.165, 1.54) is 0 Å². The number of nitrogens with zero attached hydrogens (tertiary/aromatic N) is 4. The predicted molar refractivity (Wildman–Crippen MR) is 79.3 cm³/mol. The van der Waals surface area contributed by atoms with E-state index >= 15 is 0 Å². The third kappa shape index (κ3) is 4.25. The zero-order valence-electron chi connectivity index (χ0n) is 13.1. The number of methoxy groups -OCH3 is 1. The molecule has 1 aliphatic rings. The first kappa shape index (κ1) is 15.9. The van der Waals surface area contributed by atoms with Gasteiger partial charge in [0.05, 0.1) is 6.61 Å². The van der Waals surface area contributed by atoms with Gasteiger partial charge in [0.1, 0.15) is 5.82 Å². The maximum Gasteiger partial charge on any atom is 0.293 e. The van der Waals surface area contributed by atoms with E-state index in [1.54, 1.807) is 7.11 Å². The largest absolute Gasteiger partial charge is 0.383 e. The third-order valence-electron chi connectivity index (χ3n) is 3.73. The van der Waals surface area contributed by atoms with E-state index in [1.807, 2.05) is 18.7 Å². The Bertz CT molecular complexity index is 460. The maximum atomic E-state index is 12.4. The van der Waals surface area contributed by atoms with Crippen molar-refractivity contribution >= 4 is 5.91 Å². The summed E-state index contributed by atoms with van der Waals surface area (Å²) >= 11 is 0. The number of rotatable bonds is 5. The lowest BCUT2D eigenvalue weighted by atomic mass is 10.2. The summed E-state index contributed by atoms with van der Waals surface area (Å²) in [4.78, 5) is 20.9. The molecule has 1 aliphatic heterocycles. The molecule has 7 nitrogen and oxygen atoms in total. The minimum Gasteiger partial charge on any atom is -0.383 e. The van der Waals surface area contributed by atoms with Crippen molar-refractivity contribution in [2.75, 3.05) is 46.4 Å². The lowest BCUT2D eigenvalue weighted by Gasteiger charge is -2.20. The molecule has 0 aliphatic carbocycles. The van der Waals surface area contributed by atoms with Crippen LogP contribution in [0, 0.1) is 0 Å². The molecule has 0 radical (unpaired) electrons. The summed E-state index contributed by atoms with van der Waals surface area (Å²) in [6, 6.07) is 0. The minimum absolute atomic E-state index is 0.0771. The number of hydrogen-bond donors (Lipinski definition) is 1. The average Bonchev–Trinajstić information content (AvgIpc) is 2.85. The number of hydrogen-bond acceptors (Lipinski definition) is 5. The molecule has 1 amide bonds. The monoisotopic (exact) mass is 295 g/mol. The Morgan fingerprint density at radius 3 is 2.81 bits per heavy atom. The molecule has 2 heterocycles. The fourth-order valence-electron chi connectivity index (χ4n) is 2.39. The summed E-state index contributed by atoms with van der Waals surface area (Å²) in [6.45, 7) is 9.03. The van der Waals surface area contributed by atoms with Crippen LogP contribution in [0.15, 0.2) is 0 Å². The van der Waals surface area contributed by atoms with Crippen LogP contribution in [-0.2, 0) is 4.74 Å². The molecule has 0 atom stereocenters. The van der Waals surface area contributed by atoms with Gasteiger partial charge in [0.2, 0.25) is 5.82 Å². The van der Waals surface area contributed by atoms with Gasteiger partial charge in [-0.3, -0.25) is 14.8 Å². The van der Waals surface area contributed by atoms with Crippen LogP contribution in [-0.4, -0.2) is 77.3 Å². The van der Waals surface area contributed by atoms with Crippen molar-refractivity contribution in [2.45, 2.75) is 26.2 Å². The number of H-pyrrole nitrogens is 1. The topological polar surface area (TPSA) is 74.3 Å². The highest BCUT2D eigenvalue weighted by atomic mass is 16.5. The van der Waals surface area contributed by atoms with Crippen LogP contribution in [0.25, 0.3) is 0 Å². The predicted octanol–water partition coefficient (Wildman–Crippen LogP) is 0.722. The average molecular weight is 295 g/mol. The standard InChI is InChI=1S/C14H25N5O2/c1-11(2)12-15-13(17-16-12)14(20)19-6-4-5-18(7-8-19)9-10-21-3/h11H,4-10H2,1-3H3,(H,15,16,17). The molecule has 1 aromatic rings. The second-order valence-electron chi connectivity index (χ2n) is 5.68. The van der Waals surface area contributed by atoms with Gasteiger partial charge in [-0.05, 0) is 13.0 Å². The first-order chi connectivity index (χ1) is 10.1. The molecule has 0 bridgehead atoms. The van der Waals surface area contributed by atoms with Crippen molar-refractivity contribution < 1.29 is 9.53 Å². The molecule has 0 spiro atoms. The van der Waals surface area contributed by atoms with E-state index in [-0.39, 0.29) is 17.6 Å². The van der Waals surface area contributed by atoms with E-state index in [2.05, 4.69) is 20.1 Å². The Morgan fingerprint density at radius 1 is 1.33 bits per heavy atom. The molecular weight excluding hydrogens is 270 g/mol. The summed E-state index contributed by atoms with van der Waals surface area (Å²) in [5.74, 6) is 1.21. The second kappa shape index (κ2) is 7.51. The Hall–Kier alpha value is -1.47. The van der Waals surface area contributed by atoms with Crippen molar-refractivity contribution in [3.05, 3.63) is 11.6 Å². The van der Waals surface area contributed by atoms with Crippen molar-refractivity contribution in [1.29, 1.82) is 0 Å². The molecule has 1 fully saturated rings. The third-order valence-corrected chi connectivity index (χ3v) is 3.73. The van der Waals surface area contributed by atoms with Crippen LogP contribution < -0.4 is 0 Å². The van der Waals surface area contributed by atoms with Crippen LogP contribution in [0.1, 0.15) is 42.6 Å². The van der Waals surface area contributed by atoms with Gasteiger partial charge in [0.15, 0.2) is 0 Å². The number of ether oxygens (including phenoxy) is 1. The first-order valence-electron chi connectivity index (χ1n) is 7.54. The van der Waals surface area contributed by atoms with E-state index in [0.717, 1.165) is 45.0 Å². The summed E-state index contributed by atoms with van der Waals surface area (Å²) in [6.07, 6.45) is 0.969. The van der Waals surface area contributed by atoms with E-state index in [9.17, 15) is 4.79 Å². The molecular formula is C14H25N5O2. The van der Waals surface area contributed by atoms with Crippen LogP contribution in [0.2, 0.25) is 0 Å². The Balaban J connectivity index is 1.93. The van der Waals surface area contributed by atoms with Gasteiger partial charge in [-0.15, -0.1) is 5.10 Å². The second-order valence-corrected chi connectivity index (χ2v) is 5.68. The number of carbonyl (C=O) groups excluding carboxylic acids is 1. The van der Waals surface area contributed by atoms with Crippen molar-refractivity contribution in [2.24, 2.45) is 0 Å². The van der Waals surface area contributed by atoms with Crippen molar-refractivity contribution in [3.8, 4) is 0 Å². The van der Waals surface area contributed by atoms with E-state index in [0.29, 0.717) is 6.54 Å². The molecule has 0 aromatic carbocycles. The molecule has 0 saturated carbocycles. The molecule has 2 rings (SSSR count). The van der Waals surface area contributed by atoms with Gasteiger partial charge in [-0.1, -0.05) is 13.8 Å². The molecule has 1 N–H and O–H groups in total. The number of nitrogens with one attached hydrogen (secondary N) is 1.